The third kappa shape index (κ3) is 26.2. The SMILES string of the molecule is [Cl-].[Cl-].[Cl-].[Cl-].[Mg+2].[Sr+2]. The second-order valence-corrected chi connectivity index (χ2v) is 0. The molecule has 0 spiro atoms. The van der Waals surface area contributed by atoms with E-state index in [2.05, 4.69) is 0 Å². The smallest absolute Gasteiger partial charge is 1.00 e. The van der Waals surface area contributed by atoms with Crippen LogP contribution in [0.25, 0.3) is 0 Å². The van der Waals surface area contributed by atoms with Gasteiger partial charge in [-0.1, -0.05) is 0 Å². The second-order valence-electron chi connectivity index (χ2n) is 0. The Hall–Kier alpha value is 3.41. The van der Waals surface area contributed by atoms with Crippen LogP contribution in [0.3, 0.4) is 0 Å². The van der Waals surface area contributed by atoms with Crippen LogP contribution in [0.15, 0.2) is 0 Å². The largest absolute Gasteiger partial charge is 2.00 e. The maximum absolute atomic E-state index is 0. The summed E-state index contributed by atoms with van der Waals surface area (Å²) in [5, 5.41) is 0. The number of hydrogen-bond donors (Lipinski definition) is 0. The summed E-state index contributed by atoms with van der Waals surface area (Å²) in [6.45, 7) is 0. The minimum Gasteiger partial charge on any atom is -1.00 e. The molecule has 0 aliphatic heterocycles. The molecule has 0 saturated heterocycles. The van der Waals surface area contributed by atoms with E-state index in [9.17, 15) is 0 Å². The first-order valence-corrected chi connectivity index (χ1v) is 0. The Morgan fingerprint density at radius 3 is 0.500 bits per heavy atom. The molecule has 0 saturated carbocycles. The van der Waals surface area contributed by atoms with Gasteiger partial charge < -0.3 is 49.6 Å². The van der Waals surface area contributed by atoms with Gasteiger partial charge in [0.25, 0.3) is 0 Å². The summed E-state index contributed by atoms with van der Waals surface area (Å²) >= 11 is 0. The zero-order valence-electron chi connectivity index (χ0n) is 2.93. The van der Waals surface area contributed by atoms with Gasteiger partial charge >= 0.3 is 68.5 Å². The van der Waals surface area contributed by atoms with Crippen LogP contribution in [0.5, 0.6) is 0 Å². The molecule has 0 bridgehead atoms. The topological polar surface area (TPSA) is 0 Å². The van der Waals surface area contributed by atoms with Gasteiger partial charge in [-0.25, -0.2) is 0 Å². The Labute approximate surface area is 116 Å². The Bertz CT molecular complexity index is 7.51. The Balaban J connectivity index is 0. The van der Waals surface area contributed by atoms with Crippen LogP contribution in [0.1, 0.15) is 0 Å². The minimum absolute atomic E-state index is 0. The van der Waals surface area contributed by atoms with E-state index in [1.165, 1.54) is 0 Å². The van der Waals surface area contributed by atoms with Crippen molar-refractivity contribution in [2.24, 2.45) is 0 Å². The molecule has 0 N–H and O–H groups in total. The van der Waals surface area contributed by atoms with Crippen LogP contribution in [0.4, 0.5) is 0 Å². The Kier molecular flexibility index (Phi) is 379. The van der Waals surface area contributed by atoms with Gasteiger partial charge in [-0.3, -0.25) is 0 Å². The third-order valence-corrected chi connectivity index (χ3v) is 0. The predicted octanol–water partition coefficient (Wildman–Crippen LogP) is -12.7. The van der Waals surface area contributed by atoms with Gasteiger partial charge in [-0.2, -0.15) is 0 Å². The first kappa shape index (κ1) is 57.3. The quantitative estimate of drug-likeness (QED) is 0.376. The molecule has 0 aliphatic rings. The summed E-state index contributed by atoms with van der Waals surface area (Å²) in [5.74, 6) is 0. The van der Waals surface area contributed by atoms with Crippen molar-refractivity contribution in [1.29, 1.82) is 0 Å². The molecule has 0 amide bonds. The number of rotatable bonds is 0. The second kappa shape index (κ2) is 39.7. The summed E-state index contributed by atoms with van der Waals surface area (Å²) < 4.78 is 0. The first-order chi connectivity index (χ1) is 0. The van der Waals surface area contributed by atoms with Gasteiger partial charge in [-0.05, 0) is 0 Å². The molecule has 0 rings (SSSR count). The summed E-state index contributed by atoms with van der Waals surface area (Å²) in [6.07, 6.45) is 0. The zero-order chi connectivity index (χ0) is 0. The molecule has 6 heteroatoms. The van der Waals surface area contributed by atoms with Crippen LogP contribution in [0, 0.1) is 0 Å². The molecule has 6 heavy (non-hydrogen) atoms. The Morgan fingerprint density at radius 1 is 0.500 bits per heavy atom. The van der Waals surface area contributed by atoms with E-state index in [0.29, 0.717) is 0 Å². The fourth-order valence-electron chi connectivity index (χ4n) is 0. The molecule has 0 aromatic carbocycles. The molecule has 32 valence electrons. The first-order valence-electron chi connectivity index (χ1n) is 0. The van der Waals surface area contributed by atoms with E-state index >= 15 is 0 Å². The Morgan fingerprint density at radius 2 is 0.500 bits per heavy atom. The maximum atomic E-state index is 0. The van der Waals surface area contributed by atoms with Crippen LogP contribution >= 0.6 is 0 Å². The van der Waals surface area contributed by atoms with Gasteiger partial charge in [0.2, 0.25) is 0 Å². The van der Waals surface area contributed by atoms with E-state index in [1.807, 2.05) is 0 Å². The molecular weight excluding hydrogens is 254 g/mol. The predicted molar refractivity (Wildman–Crippen MR) is 11.5 cm³/mol. The molecule has 0 unspecified atom stereocenters. The zero-order valence-corrected chi connectivity index (χ0v) is 10.8. The summed E-state index contributed by atoms with van der Waals surface area (Å²) in [6, 6.07) is 0. The molecule has 0 aliphatic carbocycles. The van der Waals surface area contributed by atoms with E-state index in [0.717, 1.165) is 0 Å². The molecule has 0 fully saturated rings. The van der Waals surface area contributed by atoms with Crippen LogP contribution < -0.4 is 49.6 Å². The van der Waals surface area contributed by atoms with Gasteiger partial charge in [0.15, 0.2) is 0 Å². The monoisotopic (exact) mass is 252 g/mol. The fourth-order valence-corrected chi connectivity index (χ4v) is 0. The maximum Gasteiger partial charge on any atom is 2.00 e. The van der Waals surface area contributed by atoms with Crippen molar-refractivity contribution in [2.45, 2.75) is 0 Å². The molecule has 0 aromatic rings. The average Bonchev–Trinajstić information content (AvgIpc) is 0. The van der Waals surface area contributed by atoms with Crippen molar-refractivity contribution in [2.75, 3.05) is 0 Å². The van der Waals surface area contributed by atoms with Crippen molar-refractivity contribution in [3.05, 3.63) is 0 Å². The molecule has 0 aromatic heterocycles. The van der Waals surface area contributed by atoms with Crippen molar-refractivity contribution in [3.63, 3.8) is 0 Å². The summed E-state index contributed by atoms with van der Waals surface area (Å²) in [4.78, 5) is 0. The molecular formula is Cl4MgSr. The standard InChI is InChI=1S/4ClH.Mg.Sr/h4*1H;;/q;;;;2*+2/p-4. The van der Waals surface area contributed by atoms with Crippen LogP contribution in [-0.2, 0) is 0 Å². The van der Waals surface area contributed by atoms with Gasteiger partial charge in [0.1, 0.15) is 0 Å². The third-order valence-electron chi connectivity index (χ3n) is 0. The number of halogens is 4. The molecule has 0 heterocycles. The number of hydrogen-bond acceptors (Lipinski definition) is 0. The minimum atomic E-state index is 0. The van der Waals surface area contributed by atoms with Gasteiger partial charge in [-0.15, -0.1) is 0 Å². The average molecular weight is 254 g/mol. The van der Waals surface area contributed by atoms with Crippen LogP contribution in [0.2, 0.25) is 0 Å². The fraction of sp³-hybridized carbons (Fsp3) is 0. The van der Waals surface area contributed by atoms with Crippen molar-refractivity contribution in [3.8, 4) is 0 Å². The van der Waals surface area contributed by atoms with Gasteiger partial charge in [0, 0.05) is 0 Å². The normalized spacial score (nSPS) is 0. The summed E-state index contributed by atoms with van der Waals surface area (Å²) in [5.41, 5.74) is 0. The van der Waals surface area contributed by atoms with Gasteiger partial charge in [0.05, 0.1) is 0 Å². The van der Waals surface area contributed by atoms with Crippen LogP contribution in [-0.4, -0.2) is 68.5 Å². The van der Waals surface area contributed by atoms with E-state index in [-0.39, 0.29) is 118 Å². The molecule has 0 nitrogen and oxygen atoms in total. The molecule has 0 radical (unpaired) electrons. The van der Waals surface area contributed by atoms with E-state index in [1.54, 1.807) is 0 Å². The summed E-state index contributed by atoms with van der Waals surface area (Å²) in [7, 11) is 0. The van der Waals surface area contributed by atoms with E-state index < -0.39 is 0 Å². The van der Waals surface area contributed by atoms with Crippen molar-refractivity contribution >= 4 is 68.5 Å². The van der Waals surface area contributed by atoms with Crippen molar-refractivity contribution < 1.29 is 49.6 Å². The molecule has 0 atom stereocenters. The van der Waals surface area contributed by atoms with Crippen molar-refractivity contribution in [1.82, 2.24) is 0 Å². The van der Waals surface area contributed by atoms with E-state index in [4.69, 9.17) is 0 Å².